The van der Waals surface area contributed by atoms with Crippen molar-refractivity contribution in [3.8, 4) is 0 Å². The van der Waals surface area contributed by atoms with Gasteiger partial charge in [0, 0.05) is 19.7 Å². The van der Waals surface area contributed by atoms with Gasteiger partial charge in [-0.25, -0.2) is 4.39 Å². The van der Waals surface area contributed by atoms with Gasteiger partial charge in [0.25, 0.3) is 0 Å². The van der Waals surface area contributed by atoms with Gasteiger partial charge in [0.15, 0.2) is 0 Å². The Morgan fingerprint density at radius 1 is 1.62 bits per heavy atom. The average molecular weight is 191 g/mol. The smallest absolute Gasteiger partial charge is 0.115 e. The molecule has 0 spiro atoms. The number of hydrogen-bond donors (Lipinski definition) is 2. The normalized spacial score (nSPS) is 30.7. The van der Waals surface area contributed by atoms with Crippen molar-refractivity contribution in [3.05, 3.63) is 0 Å². The van der Waals surface area contributed by atoms with Crippen molar-refractivity contribution in [1.82, 2.24) is 5.32 Å². The zero-order valence-electron chi connectivity index (χ0n) is 8.00. The summed E-state index contributed by atoms with van der Waals surface area (Å²) >= 11 is 0. The van der Waals surface area contributed by atoms with Crippen LogP contribution in [-0.4, -0.2) is 43.7 Å². The van der Waals surface area contributed by atoms with Crippen molar-refractivity contribution in [3.63, 3.8) is 0 Å². The highest BCUT2D eigenvalue weighted by molar-refractivity contribution is 4.83. The molecular formula is C9H18FNO2. The van der Waals surface area contributed by atoms with Crippen LogP contribution in [-0.2, 0) is 4.74 Å². The molecule has 0 bridgehead atoms. The highest BCUT2D eigenvalue weighted by atomic mass is 19.1. The van der Waals surface area contributed by atoms with Gasteiger partial charge in [0.05, 0.1) is 12.7 Å². The second kappa shape index (κ2) is 5.52. The van der Waals surface area contributed by atoms with E-state index in [-0.39, 0.29) is 6.04 Å². The number of aliphatic hydroxyl groups is 1. The summed E-state index contributed by atoms with van der Waals surface area (Å²) in [5.41, 5.74) is 0. The van der Waals surface area contributed by atoms with Gasteiger partial charge >= 0.3 is 0 Å². The summed E-state index contributed by atoms with van der Waals surface area (Å²) in [6.45, 7) is 0.718. The summed E-state index contributed by atoms with van der Waals surface area (Å²) in [4.78, 5) is 0. The van der Waals surface area contributed by atoms with Crippen LogP contribution in [0.1, 0.15) is 19.3 Å². The zero-order chi connectivity index (χ0) is 9.68. The molecule has 0 amide bonds. The van der Waals surface area contributed by atoms with Crippen molar-refractivity contribution < 1.29 is 14.2 Å². The van der Waals surface area contributed by atoms with Crippen molar-refractivity contribution in [2.45, 2.75) is 37.6 Å². The molecule has 0 aromatic rings. The fraction of sp³-hybridized carbons (Fsp3) is 1.00. The van der Waals surface area contributed by atoms with Gasteiger partial charge < -0.3 is 15.2 Å². The van der Waals surface area contributed by atoms with E-state index in [0.29, 0.717) is 19.6 Å². The summed E-state index contributed by atoms with van der Waals surface area (Å²) in [5, 5.41) is 12.3. The van der Waals surface area contributed by atoms with E-state index in [1.165, 1.54) is 7.11 Å². The number of aliphatic hydroxyl groups excluding tert-OH is 1. The SMILES string of the molecule is COCC(O)CN[C@@H]1CCC[C@H]1F. The van der Waals surface area contributed by atoms with E-state index in [1.54, 1.807) is 0 Å². The van der Waals surface area contributed by atoms with E-state index in [4.69, 9.17) is 4.74 Å². The standard InChI is InChI=1S/C9H18FNO2/c1-13-6-7(12)5-11-9-4-2-3-8(9)10/h7-9,11-12H,2-6H2,1H3/t7?,8-,9-/m1/s1. The summed E-state index contributed by atoms with van der Waals surface area (Å²) in [6, 6.07) is -0.0634. The quantitative estimate of drug-likeness (QED) is 0.664. The lowest BCUT2D eigenvalue weighted by Crippen LogP contribution is -2.39. The van der Waals surface area contributed by atoms with Crippen molar-refractivity contribution >= 4 is 0 Å². The van der Waals surface area contributed by atoms with Crippen molar-refractivity contribution in [2.24, 2.45) is 0 Å². The van der Waals surface area contributed by atoms with E-state index in [1.807, 2.05) is 0 Å². The number of hydrogen-bond acceptors (Lipinski definition) is 3. The molecule has 0 radical (unpaired) electrons. The largest absolute Gasteiger partial charge is 0.389 e. The molecule has 1 aliphatic carbocycles. The Balaban J connectivity index is 2.10. The third-order valence-electron chi connectivity index (χ3n) is 2.41. The van der Waals surface area contributed by atoms with Crippen molar-refractivity contribution in [1.29, 1.82) is 0 Å². The molecule has 0 aliphatic heterocycles. The molecule has 1 saturated carbocycles. The first-order valence-electron chi connectivity index (χ1n) is 4.78. The number of nitrogens with one attached hydrogen (secondary N) is 1. The van der Waals surface area contributed by atoms with Gasteiger partial charge in [-0.05, 0) is 19.3 Å². The molecule has 0 aromatic carbocycles. The summed E-state index contributed by atoms with van der Waals surface area (Å²) < 4.78 is 17.8. The topological polar surface area (TPSA) is 41.5 Å². The predicted molar refractivity (Wildman–Crippen MR) is 48.4 cm³/mol. The molecule has 0 aromatic heterocycles. The summed E-state index contributed by atoms with van der Waals surface area (Å²) in [5.74, 6) is 0. The van der Waals surface area contributed by atoms with Gasteiger partial charge in [0.2, 0.25) is 0 Å². The van der Waals surface area contributed by atoms with Crippen LogP contribution in [0.25, 0.3) is 0 Å². The van der Waals surface area contributed by atoms with Gasteiger partial charge in [0.1, 0.15) is 6.17 Å². The molecule has 0 heterocycles. The Labute approximate surface area is 78.3 Å². The maximum Gasteiger partial charge on any atom is 0.115 e. The number of halogens is 1. The number of alkyl halides is 1. The van der Waals surface area contributed by atoms with Crippen LogP contribution < -0.4 is 5.32 Å². The van der Waals surface area contributed by atoms with E-state index < -0.39 is 12.3 Å². The molecule has 0 saturated heterocycles. The first kappa shape index (κ1) is 10.9. The number of methoxy groups -OCH3 is 1. The first-order valence-corrected chi connectivity index (χ1v) is 4.78. The van der Waals surface area contributed by atoms with Crippen LogP contribution in [0.3, 0.4) is 0 Å². The van der Waals surface area contributed by atoms with Gasteiger partial charge in [-0.1, -0.05) is 0 Å². The second-order valence-corrected chi connectivity index (χ2v) is 3.57. The Hall–Kier alpha value is -0.190. The zero-order valence-corrected chi connectivity index (χ0v) is 8.00. The average Bonchev–Trinajstić information content (AvgIpc) is 2.48. The number of rotatable bonds is 5. The Bertz CT molecular complexity index is 146. The molecule has 1 unspecified atom stereocenters. The van der Waals surface area contributed by atoms with Crippen LogP contribution in [0.4, 0.5) is 4.39 Å². The van der Waals surface area contributed by atoms with E-state index in [0.717, 1.165) is 12.8 Å². The highest BCUT2D eigenvalue weighted by Crippen LogP contribution is 2.21. The highest BCUT2D eigenvalue weighted by Gasteiger charge is 2.26. The van der Waals surface area contributed by atoms with Crippen molar-refractivity contribution in [2.75, 3.05) is 20.3 Å². The Kier molecular flexibility index (Phi) is 4.62. The van der Waals surface area contributed by atoms with Crippen LogP contribution in [0.15, 0.2) is 0 Å². The number of ether oxygens (including phenoxy) is 1. The molecular weight excluding hydrogens is 173 g/mol. The minimum Gasteiger partial charge on any atom is -0.389 e. The minimum absolute atomic E-state index is 0.0634. The third kappa shape index (κ3) is 3.58. The minimum atomic E-state index is -0.741. The third-order valence-corrected chi connectivity index (χ3v) is 2.41. The van der Waals surface area contributed by atoms with E-state index in [9.17, 15) is 9.50 Å². The fourth-order valence-corrected chi connectivity index (χ4v) is 1.68. The molecule has 1 aliphatic rings. The molecule has 78 valence electrons. The van der Waals surface area contributed by atoms with Gasteiger partial charge in [-0.15, -0.1) is 0 Å². The Morgan fingerprint density at radius 2 is 2.38 bits per heavy atom. The van der Waals surface area contributed by atoms with E-state index >= 15 is 0 Å². The molecule has 3 atom stereocenters. The molecule has 1 rings (SSSR count). The molecule has 13 heavy (non-hydrogen) atoms. The predicted octanol–water partition coefficient (Wildman–Crippen LogP) is 0.474. The lowest BCUT2D eigenvalue weighted by molar-refractivity contribution is 0.0610. The fourth-order valence-electron chi connectivity index (χ4n) is 1.68. The second-order valence-electron chi connectivity index (χ2n) is 3.57. The first-order chi connectivity index (χ1) is 6.24. The molecule has 1 fully saturated rings. The van der Waals surface area contributed by atoms with Crippen LogP contribution in [0.2, 0.25) is 0 Å². The van der Waals surface area contributed by atoms with Gasteiger partial charge in [-0.3, -0.25) is 0 Å². The monoisotopic (exact) mass is 191 g/mol. The van der Waals surface area contributed by atoms with Crippen LogP contribution in [0.5, 0.6) is 0 Å². The summed E-state index contributed by atoms with van der Waals surface area (Å²) in [6.07, 6.45) is 1.20. The van der Waals surface area contributed by atoms with Crippen LogP contribution in [0, 0.1) is 0 Å². The lowest BCUT2D eigenvalue weighted by Gasteiger charge is -2.17. The molecule has 4 heteroatoms. The maximum absolute atomic E-state index is 13.0. The summed E-state index contributed by atoms with van der Waals surface area (Å²) in [7, 11) is 1.54. The van der Waals surface area contributed by atoms with E-state index in [2.05, 4.69) is 5.32 Å². The van der Waals surface area contributed by atoms with Crippen LogP contribution >= 0.6 is 0 Å². The van der Waals surface area contributed by atoms with Gasteiger partial charge in [-0.2, -0.15) is 0 Å². The maximum atomic E-state index is 13.0. The molecule has 2 N–H and O–H groups in total. The Morgan fingerprint density at radius 3 is 2.92 bits per heavy atom. The lowest BCUT2D eigenvalue weighted by atomic mass is 10.2. The molecule has 3 nitrogen and oxygen atoms in total.